The molecule has 0 fully saturated rings. The number of ether oxygens (including phenoxy) is 1. The molecule has 2 aromatic carbocycles. The third-order valence-electron chi connectivity index (χ3n) is 2.27. The van der Waals surface area contributed by atoms with Gasteiger partial charge in [0.1, 0.15) is 10.7 Å². The van der Waals surface area contributed by atoms with Crippen LogP contribution in [0.2, 0.25) is 5.02 Å². The molecule has 0 aliphatic heterocycles. The minimum Gasteiger partial charge on any atom is -0.453 e. The lowest BCUT2D eigenvalue weighted by Gasteiger charge is -2.11. The zero-order chi connectivity index (χ0) is 13.1. The van der Waals surface area contributed by atoms with E-state index in [1.54, 1.807) is 30.3 Å². The first-order valence-electron chi connectivity index (χ1n) is 5.09. The quantitative estimate of drug-likeness (QED) is 0.867. The van der Waals surface area contributed by atoms with E-state index < -0.39 is 5.82 Å². The van der Waals surface area contributed by atoms with Crippen molar-refractivity contribution in [3.63, 3.8) is 0 Å². The van der Waals surface area contributed by atoms with Gasteiger partial charge in [-0.25, -0.2) is 4.39 Å². The molecule has 2 N–H and O–H groups in total. The van der Waals surface area contributed by atoms with Crippen LogP contribution in [0, 0.1) is 5.82 Å². The summed E-state index contributed by atoms with van der Waals surface area (Å²) in [5, 5.41) is 0.460. The van der Waals surface area contributed by atoms with E-state index in [4.69, 9.17) is 34.3 Å². The van der Waals surface area contributed by atoms with Gasteiger partial charge in [-0.3, -0.25) is 0 Å². The highest BCUT2D eigenvalue weighted by Gasteiger charge is 2.10. The zero-order valence-electron chi connectivity index (χ0n) is 9.19. The van der Waals surface area contributed by atoms with Gasteiger partial charge in [-0.05, 0) is 24.3 Å². The molecule has 0 amide bonds. The fourth-order valence-corrected chi connectivity index (χ4v) is 1.76. The Morgan fingerprint density at radius 2 is 1.89 bits per heavy atom. The molecule has 0 spiro atoms. The smallest absolute Gasteiger partial charge is 0.165 e. The minimum atomic E-state index is -0.466. The van der Waals surface area contributed by atoms with E-state index in [0.29, 0.717) is 16.3 Å². The van der Waals surface area contributed by atoms with Crippen LogP contribution in [0.3, 0.4) is 0 Å². The van der Waals surface area contributed by atoms with Crippen LogP contribution in [0.15, 0.2) is 42.5 Å². The number of hydrogen-bond donors (Lipinski definition) is 1. The van der Waals surface area contributed by atoms with Gasteiger partial charge in [0.15, 0.2) is 11.6 Å². The summed E-state index contributed by atoms with van der Waals surface area (Å²) in [5.74, 6) is -0.0382. The van der Waals surface area contributed by atoms with Crippen molar-refractivity contribution in [1.29, 1.82) is 0 Å². The number of rotatable bonds is 3. The van der Waals surface area contributed by atoms with Gasteiger partial charge in [0.25, 0.3) is 0 Å². The van der Waals surface area contributed by atoms with E-state index in [1.165, 1.54) is 12.1 Å². The Balaban J connectivity index is 2.42. The monoisotopic (exact) mass is 281 g/mol. The Morgan fingerprint density at radius 3 is 2.56 bits per heavy atom. The maximum atomic E-state index is 13.5. The van der Waals surface area contributed by atoms with E-state index >= 15 is 0 Å². The number of nitrogens with two attached hydrogens (primary N) is 1. The maximum absolute atomic E-state index is 13.5. The molecule has 0 heterocycles. The molecule has 92 valence electrons. The average Bonchev–Trinajstić information content (AvgIpc) is 2.32. The molecule has 0 saturated carbocycles. The standard InChI is InChI=1S/C13H9ClFNOS/c14-8-5-6-9(13(16)18)12(7-8)17-11-4-2-1-3-10(11)15/h1-7H,(H2,16,18). The van der Waals surface area contributed by atoms with E-state index in [2.05, 4.69) is 0 Å². The largest absolute Gasteiger partial charge is 0.453 e. The first kappa shape index (κ1) is 12.8. The number of halogens is 2. The molecule has 18 heavy (non-hydrogen) atoms. The van der Waals surface area contributed by atoms with Gasteiger partial charge in [0, 0.05) is 11.1 Å². The SMILES string of the molecule is NC(=S)c1ccc(Cl)cc1Oc1ccccc1F. The van der Waals surface area contributed by atoms with Crippen molar-refractivity contribution in [2.75, 3.05) is 0 Å². The molecule has 2 aromatic rings. The molecule has 0 aromatic heterocycles. The van der Waals surface area contributed by atoms with Crippen molar-refractivity contribution in [2.24, 2.45) is 5.73 Å². The molecule has 0 atom stereocenters. The number of thiocarbonyl (C=S) groups is 1. The fourth-order valence-electron chi connectivity index (χ4n) is 1.43. The summed E-state index contributed by atoms with van der Waals surface area (Å²) < 4.78 is 18.9. The van der Waals surface area contributed by atoms with E-state index in [9.17, 15) is 4.39 Å². The Labute approximate surface area is 114 Å². The van der Waals surface area contributed by atoms with Crippen LogP contribution >= 0.6 is 23.8 Å². The van der Waals surface area contributed by atoms with Crippen LogP contribution in [0.25, 0.3) is 0 Å². The van der Waals surface area contributed by atoms with Crippen molar-refractivity contribution in [3.8, 4) is 11.5 Å². The van der Waals surface area contributed by atoms with E-state index in [1.807, 2.05) is 0 Å². The maximum Gasteiger partial charge on any atom is 0.165 e. The molecule has 0 unspecified atom stereocenters. The van der Waals surface area contributed by atoms with Gasteiger partial charge < -0.3 is 10.5 Å². The Morgan fingerprint density at radius 1 is 1.17 bits per heavy atom. The second-order valence-electron chi connectivity index (χ2n) is 3.54. The van der Waals surface area contributed by atoms with Gasteiger partial charge >= 0.3 is 0 Å². The van der Waals surface area contributed by atoms with E-state index in [0.717, 1.165) is 0 Å². The predicted molar refractivity (Wildman–Crippen MR) is 73.8 cm³/mol. The van der Waals surface area contributed by atoms with Gasteiger partial charge in [-0.2, -0.15) is 0 Å². The Bertz CT molecular complexity index is 603. The van der Waals surface area contributed by atoms with Crippen molar-refractivity contribution in [2.45, 2.75) is 0 Å². The van der Waals surface area contributed by atoms with Crippen LogP contribution in [0.5, 0.6) is 11.5 Å². The summed E-state index contributed by atoms with van der Waals surface area (Å²) in [4.78, 5) is 0.165. The predicted octanol–water partition coefficient (Wildman–Crippen LogP) is 3.91. The van der Waals surface area contributed by atoms with E-state index in [-0.39, 0.29) is 10.7 Å². The summed E-state index contributed by atoms with van der Waals surface area (Å²) in [6.45, 7) is 0. The van der Waals surface area contributed by atoms with Crippen LogP contribution in [0.4, 0.5) is 4.39 Å². The summed E-state index contributed by atoms with van der Waals surface area (Å²) in [5.41, 5.74) is 6.08. The number of benzene rings is 2. The van der Waals surface area contributed by atoms with Gasteiger partial charge in [0.05, 0.1) is 5.56 Å². The summed E-state index contributed by atoms with van der Waals surface area (Å²) in [6, 6.07) is 10.9. The highest BCUT2D eigenvalue weighted by atomic mass is 35.5. The number of para-hydroxylation sites is 1. The first-order chi connectivity index (χ1) is 8.58. The van der Waals surface area contributed by atoms with Crippen molar-refractivity contribution < 1.29 is 9.13 Å². The van der Waals surface area contributed by atoms with Gasteiger partial charge in [0.2, 0.25) is 0 Å². The molecule has 0 aliphatic carbocycles. The first-order valence-corrected chi connectivity index (χ1v) is 5.88. The second kappa shape index (κ2) is 5.33. The molecular weight excluding hydrogens is 273 g/mol. The van der Waals surface area contributed by atoms with Crippen LogP contribution in [0.1, 0.15) is 5.56 Å². The third kappa shape index (κ3) is 2.78. The van der Waals surface area contributed by atoms with Crippen molar-refractivity contribution >= 4 is 28.8 Å². The minimum absolute atomic E-state index is 0.0947. The van der Waals surface area contributed by atoms with Crippen molar-refractivity contribution in [3.05, 3.63) is 58.9 Å². The van der Waals surface area contributed by atoms with Gasteiger partial charge in [-0.1, -0.05) is 36.0 Å². The second-order valence-corrected chi connectivity index (χ2v) is 4.41. The molecule has 2 nitrogen and oxygen atoms in total. The van der Waals surface area contributed by atoms with Crippen LogP contribution in [-0.4, -0.2) is 4.99 Å². The molecule has 0 bridgehead atoms. The van der Waals surface area contributed by atoms with Gasteiger partial charge in [-0.15, -0.1) is 0 Å². The highest BCUT2D eigenvalue weighted by molar-refractivity contribution is 7.80. The van der Waals surface area contributed by atoms with Crippen LogP contribution < -0.4 is 10.5 Å². The molecule has 2 rings (SSSR count). The molecule has 5 heteroatoms. The summed E-state index contributed by atoms with van der Waals surface area (Å²) in [6.07, 6.45) is 0. The topological polar surface area (TPSA) is 35.2 Å². The zero-order valence-corrected chi connectivity index (χ0v) is 10.8. The lowest BCUT2D eigenvalue weighted by atomic mass is 10.2. The average molecular weight is 282 g/mol. The highest BCUT2D eigenvalue weighted by Crippen LogP contribution is 2.29. The molecule has 0 saturated heterocycles. The molecule has 0 aliphatic rings. The van der Waals surface area contributed by atoms with Crippen molar-refractivity contribution in [1.82, 2.24) is 0 Å². The third-order valence-corrected chi connectivity index (χ3v) is 2.72. The number of hydrogen-bond acceptors (Lipinski definition) is 2. The summed E-state index contributed by atoms with van der Waals surface area (Å²) in [7, 11) is 0. The Hall–Kier alpha value is -1.65. The molecular formula is C13H9ClFNOS. The fraction of sp³-hybridized carbons (Fsp3) is 0. The summed E-state index contributed by atoms with van der Waals surface area (Å²) >= 11 is 10.8. The lowest BCUT2D eigenvalue weighted by molar-refractivity contribution is 0.441. The Kier molecular flexibility index (Phi) is 3.79. The molecule has 0 radical (unpaired) electrons. The van der Waals surface area contributed by atoms with Crippen LogP contribution in [-0.2, 0) is 0 Å². The lowest BCUT2D eigenvalue weighted by Crippen LogP contribution is -2.10. The normalized spacial score (nSPS) is 10.1.